The van der Waals surface area contributed by atoms with Crippen LogP contribution in [0.1, 0.15) is 206 Å². The zero-order chi connectivity index (χ0) is 35.2. The number of amides is 1. The van der Waals surface area contributed by atoms with Gasteiger partial charge in [0.25, 0.3) is 0 Å². The van der Waals surface area contributed by atoms with Crippen LogP contribution in [0.15, 0.2) is 36.5 Å². The minimum absolute atomic E-state index is 0.381. The van der Waals surface area contributed by atoms with E-state index in [1.54, 1.807) is 6.08 Å². The van der Waals surface area contributed by atoms with Crippen LogP contribution in [0.4, 0.5) is 0 Å². The number of aliphatic hydroxyl groups excluding tert-OH is 3. The van der Waals surface area contributed by atoms with E-state index in [4.69, 9.17) is 0 Å². The molecular formula is C43H81NO4. The summed E-state index contributed by atoms with van der Waals surface area (Å²) in [5.74, 6) is -0.519. The Morgan fingerprint density at radius 1 is 0.542 bits per heavy atom. The number of carbonyl (C=O) groups excluding carboxylic acids is 1. The van der Waals surface area contributed by atoms with Gasteiger partial charge < -0.3 is 20.6 Å². The molecule has 3 atom stereocenters. The van der Waals surface area contributed by atoms with Crippen LogP contribution >= 0.6 is 0 Å². The van der Waals surface area contributed by atoms with Gasteiger partial charge in [0.1, 0.15) is 6.10 Å². The molecule has 282 valence electrons. The predicted molar refractivity (Wildman–Crippen MR) is 208 cm³/mol. The van der Waals surface area contributed by atoms with E-state index in [1.165, 1.54) is 141 Å². The number of rotatable bonds is 37. The molecule has 48 heavy (non-hydrogen) atoms. The number of carbonyl (C=O) groups is 1. The highest BCUT2D eigenvalue weighted by molar-refractivity contribution is 5.80. The van der Waals surface area contributed by atoms with Crippen molar-refractivity contribution in [3.05, 3.63) is 36.5 Å². The highest BCUT2D eigenvalue weighted by atomic mass is 16.3. The molecule has 3 unspecified atom stereocenters. The third-order valence-electron chi connectivity index (χ3n) is 9.56. The second-order valence-corrected chi connectivity index (χ2v) is 14.2. The van der Waals surface area contributed by atoms with Crippen molar-refractivity contribution in [3.8, 4) is 0 Å². The van der Waals surface area contributed by atoms with Crippen molar-refractivity contribution >= 4 is 5.91 Å². The van der Waals surface area contributed by atoms with Gasteiger partial charge in [0, 0.05) is 0 Å². The summed E-state index contributed by atoms with van der Waals surface area (Å²) in [5, 5.41) is 32.9. The molecule has 0 heterocycles. The minimum Gasteiger partial charge on any atom is -0.394 e. The first-order chi connectivity index (χ1) is 23.6. The summed E-state index contributed by atoms with van der Waals surface area (Å²) in [6.07, 6.45) is 47.8. The number of hydrogen-bond acceptors (Lipinski definition) is 4. The lowest BCUT2D eigenvalue weighted by Gasteiger charge is -2.21. The number of aliphatic hydroxyl groups is 3. The van der Waals surface area contributed by atoms with Crippen molar-refractivity contribution < 1.29 is 20.1 Å². The highest BCUT2D eigenvalue weighted by Crippen LogP contribution is 2.16. The van der Waals surface area contributed by atoms with Crippen molar-refractivity contribution in [1.82, 2.24) is 5.32 Å². The third kappa shape index (κ3) is 33.1. The van der Waals surface area contributed by atoms with Crippen molar-refractivity contribution in [1.29, 1.82) is 0 Å². The predicted octanol–water partition coefficient (Wildman–Crippen LogP) is 11.6. The van der Waals surface area contributed by atoms with Crippen LogP contribution in [0.3, 0.4) is 0 Å². The maximum atomic E-state index is 12.4. The molecule has 0 fully saturated rings. The Morgan fingerprint density at radius 3 is 1.27 bits per heavy atom. The Labute approximate surface area is 298 Å². The van der Waals surface area contributed by atoms with E-state index in [1.807, 2.05) is 13.0 Å². The van der Waals surface area contributed by atoms with Gasteiger partial charge >= 0.3 is 0 Å². The number of hydrogen-bond donors (Lipinski definition) is 4. The van der Waals surface area contributed by atoms with Crippen LogP contribution in [0, 0.1) is 0 Å². The lowest BCUT2D eigenvalue weighted by Crippen LogP contribution is -2.48. The van der Waals surface area contributed by atoms with Crippen LogP contribution in [-0.4, -0.2) is 46.1 Å². The zero-order valence-corrected chi connectivity index (χ0v) is 31.9. The van der Waals surface area contributed by atoms with E-state index >= 15 is 0 Å². The number of allylic oxidation sites excluding steroid dienone is 5. The largest absolute Gasteiger partial charge is 0.394 e. The molecule has 0 aliphatic carbocycles. The Kier molecular flexibility index (Phi) is 37.2. The van der Waals surface area contributed by atoms with Gasteiger partial charge in [-0.15, -0.1) is 0 Å². The third-order valence-corrected chi connectivity index (χ3v) is 9.56. The van der Waals surface area contributed by atoms with E-state index in [9.17, 15) is 20.1 Å². The topological polar surface area (TPSA) is 89.8 Å². The van der Waals surface area contributed by atoms with E-state index in [0.29, 0.717) is 6.42 Å². The normalized spacial score (nSPS) is 14.0. The quantitative estimate of drug-likeness (QED) is 0.0390. The van der Waals surface area contributed by atoms with Crippen LogP contribution in [0.2, 0.25) is 0 Å². The Bertz CT molecular complexity index is 749. The molecule has 0 saturated heterocycles. The smallest absolute Gasteiger partial charge is 0.249 e. The van der Waals surface area contributed by atoms with Crippen LogP contribution in [0.25, 0.3) is 0 Å². The average Bonchev–Trinajstić information content (AvgIpc) is 3.09. The summed E-state index contributed by atoms with van der Waals surface area (Å²) in [7, 11) is 0. The Morgan fingerprint density at radius 2 is 0.896 bits per heavy atom. The molecule has 0 spiro atoms. The van der Waals surface area contributed by atoms with Crippen molar-refractivity contribution in [2.24, 2.45) is 0 Å². The van der Waals surface area contributed by atoms with E-state index in [-0.39, 0.29) is 6.61 Å². The fourth-order valence-corrected chi connectivity index (χ4v) is 6.28. The lowest BCUT2D eigenvalue weighted by molar-refractivity contribution is -0.131. The van der Waals surface area contributed by atoms with Crippen molar-refractivity contribution in [3.63, 3.8) is 0 Å². The fourth-order valence-electron chi connectivity index (χ4n) is 6.28. The molecule has 0 aromatic rings. The summed E-state index contributed by atoms with van der Waals surface area (Å²) in [6.45, 7) is 3.93. The van der Waals surface area contributed by atoms with Gasteiger partial charge in [-0.05, 0) is 39.0 Å². The molecule has 0 aromatic heterocycles. The van der Waals surface area contributed by atoms with Gasteiger partial charge in [-0.3, -0.25) is 4.79 Å². The summed E-state index contributed by atoms with van der Waals surface area (Å²) in [5.41, 5.74) is 0. The van der Waals surface area contributed by atoms with Crippen LogP contribution in [-0.2, 0) is 4.79 Å². The van der Waals surface area contributed by atoms with Crippen molar-refractivity contribution in [2.45, 2.75) is 225 Å². The van der Waals surface area contributed by atoms with Gasteiger partial charge in [-0.2, -0.15) is 0 Å². The fraction of sp³-hybridized carbons (Fsp3) is 0.837. The Balaban J connectivity index is 3.55. The molecule has 0 aliphatic rings. The first kappa shape index (κ1) is 46.6. The Hall–Kier alpha value is -1.43. The average molecular weight is 676 g/mol. The molecule has 0 aliphatic heterocycles. The summed E-state index contributed by atoms with van der Waals surface area (Å²) >= 11 is 0. The molecule has 0 saturated carbocycles. The molecule has 0 radical (unpaired) electrons. The highest BCUT2D eigenvalue weighted by Gasteiger charge is 2.22. The number of nitrogens with one attached hydrogen (secondary N) is 1. The maximum absolute atomic E-state index is 12.4. The molecule has 0 rings (SSSR count). The number of unbranched alkanes of at least 4 members (excludes halogenated alkanes) is 26. The van der Waals surface area contributed by atoms with Crippen LogP contribution < -0.4 is 5.32 Å². The second kappa shape index (κ2) is 38.4. The molecule has 5 nitrogen and oxygen atoms in total. The lowest BCUT2D eigenvalue weighted by atomic mass is 10.0. The molecule has 1 amide bonds. The second-order valence-electron chi connectivity index (χ2n) is 14.2. The van der Waals surface area contributed by atoms with Gasteiger partial charge in [-0.1, -0.05) is 204 Å². The SMILES string of the molecule is C/C=C/CC/C=C/CC/C=C/C(O)C(CO)NC(=O)C(O)CCCCCCCCCCCCCCCCCCCCCCCCCCC. The van der Waals surface area contributed by atoms with Crippen LogP contribution in [0.5, 0.6) is 0 Å². The van der Waals surface area contributed by atoms with Gasteiger partial charge in [0.2, 0.25) is 5.91 Å². The molecular weight excluding hydrogens is 594 g/mol. The van der Waals surface area contributed by atoms with Gasteiger partial charge in [0.05, 0.1) is 18.8 Å². The molecule has 0 bridgehead atoms. The van der Waals surface area contributed by atoms with Gasteiger partial charge in [0.15, 0.2) is 0 Å². The van der Waals surface area contributed by atoms with E-state index < -0.39 is 24.2 Å². The monoisotopic (exact) mass is 676 g/mol. The summed E-state index contributed by atoms with van der Waals surface area (Å²) in [4.78, 5) is 12.4. The molecule has 4 N–H and O–H groups in total. The van der Waals surface area contributed by atoms with Crippen molar-refractivity contribution in [2.75, 3.05) is 6.61 Å². The zero-order valence-electron chi connectivity index (χ0n) is 31.9. The molecule has 0 aromatic carbocycles. The van der Waals surface area contributed by atoms with E-state index in [0.717, 1.165) is 44.9 Å². The first-order valence-corrected chi connectivity index (χ1v) is 20.8. The summed E-state index contributed by atoms with van der Waals surface area (Å²) in [6, 6.07) is -0.816. The summed E-state index contributed by atoms with van der Waals surface area (Å²) < 4.78 is 0. The van der Waals surface area contributed by atoms with E-state index in [2.05, 4.69) is 36.5 Å². The van der Waals surface area contributed by atoms with Gasteiger partial charge in [-0.25, -0.2) is 0 Å². The maximum Gasteiger partial charge on any atom is 0.249 e. The first-order valence-electron chi connectivity index (χ1n) is 20.8. The minimum atomic E-state index is -1.10. The molecule has 5 heteroatoms. The standard InChI is InChI=1S/C43H81NO4/c1-3-5-7-9-11-13-14-15-16-17-18-19-20-21-22-23-24-25-26-27-28-30-32-34-36-38-42(47)43(48)44-40(39-45)41(46)37-35-33-31-29-12-10-8-6-4-2/h4,6,12,29,35,37,40-42,45-47H,3,5,7-11,13-28,30-34,36,38-39H2,1-2H3,(H,44,48)/b6-4+,29-12+,37-35+.